The summed E-state index contributed by atoms with van der Waals surface area (Å²) in [6.45, 7) is 5.23. The number of hydrogen-bond donors (Lipinski definition) is 2. The van der Waals surface area contributed by atoms with Crippen LogP contribution in [0.3, 0.4) is 0 Å². The van der Waals surface area contributed by atoms with Crippen molar-refractivity contribution in [1.82, 2.24) is 19.8 Å². The van der Waals surface area contributed by atoms with E-state index >= 15 is 0 Å². The maximum atomic E-state index is 12.7. The summed E-state index contributed by atoms with van der Waals surface area (Å²) in [6.07, 6.45) is 8.29. The lowest BCUT2D eigenvalue weighted by molar-refractivity contribution is 0.0392. The second kappa shape index (κ2) is 8.45. The Bertz CT molecular complexity index is 795. The molecule has 1 aromatic heterocycles. The first-order valence-corrected chi connectivity index (χ1v) is 10.4. The first-order chi connectivity index (χ1) is 13.6. The molecule has 0 bridgehead atoms. The monoisotopic (exact) mass is 382 g/mol. The second-order valence-electron chi connectivity index (χ2n) is 8.13. The van der Waals surface area contributed by atoms with Crippen LogP contribution in [0.4, 0.5) is 0 Å². The van der Waals surface area contributed by atoms with E-state index in [9.17, 15) is 9.90 Å². The molecule has 3 atom stereocenters. The van der Waals surface area contributed by atoms with Crippen molar-refractivity contribution in [3.8, 4) is 0 Å². The Morgan fingerprint density at radius 3 is 2.61 bits per heavy atom. The molecule has 0 spiro atoms. The molecule has 2 N–H and O–H groups in total. The topological polar surface area (TPSA) is 70.4 Å². The predicted molar refractivity (Wildman–Crippen MR) is 108 cm³/mol. The lowest BCUT2D eigenvalue weighted by atomic mass is 9.87. The summed E-state index contributed by atoms with van der Waals surface area (Å²) < 4.78 is 2.02. The summed E-state index contributed by atoms with van der Waals surface area (Å²) in [4.78, 5) is 19.4. The highest BCUT2D eigenvalue weighted by molar-refractivity contribution is 5.94. The Kier molecular flexibility index (Phi) is 5.78. The average Bonchev–Trinajstić information content (AvgIpc) is 3.36. The molecule has 6 heteroatoms. The number of rotatable bonds is 5. The van der Waals surface area contributed by atoms with Crippen LogP contribution in [-0.4, -0.2) is 50.7 Å². The van der Waals surface area contributed by atoms with Gasteiger partial charge in [0.1, 0.15) is 5.82 Å². The van der Waals surface area contributed by atoms with Gasteiger partial charge in [0.15, 0.2) is 0 Å². The van der Waals surface area contributed by atoms with E-state index in [0.29, 0.717) is 5.56 Å². The third-order valence-corrected chi connectivity index (χ3v) is 6.18. The highest BCUT2D eigenvalue weighted by atomic mass is 16.3. The molecule has 4 rings (SSSR count). The quantitative estimate of drug-likeness (QED) is 0.834. The second-order valence-corrected chi connectivity index (χ2v) is 8.13. The largest absolute Gasteiger partial charge is 0.389 e. The number of carbonyl (C=O) groups is 1. The summed E-state index contributed by atoms with van der Waals surface area (Å²) in [5.41, 5.74) is 1.89. The van der Waals surface area contributed by atoms with Crippen LogP contribution in [-0.2, 0) is 6.54 Å². The Morgan fingerprint density at radius 2 is 1.93 bits per heavy atom. The zero-order valence-corrected chi connectivity index (χ0v) is 16.6. The van der Waals surface area contributed by atoms with Crippen molar-refractivity contribution in [3.63, 3.8) is 0 Å². The van der Waals surface area contributed by atoms with Crippen LogP contribution in [0.2, 0.25) is 0 Å². The van der Waals surface area contributed by atoms with Gasteiger partial charge in [0.2, 0.25) is 0 Å². The zero-order chi connectivity index (χ0) is 19.5. The number of nitrogens with zero attached hydrogens (tertiary/aromatic N) is 3. The fourth-order valence-electron chi connectivity index (χ4n) is 4.57. The molecular weight excluding hydrogens is 352 g/mol. The number of likely N-dealkylation sites (tertiary alicyclic amines) is 1. The molecule has 150 valence electrons. The molecule has 28 heavy (non-hydrogen) atoms. The van der Waals surface area contributed by atoms with Crippen LogP contribution in [0.25, 0.3) is 0 Å². The molecule has 2 heterocycles. The molecule has 1 saturated heterocycles. The number of imidazole rings is 1. The Morgan fingerprint density at radius 1 is 1.18 bits per heavy atom. The normalized spacial score (nSPS) is 25.7. The smallest absolute Gasteiger partial charge is 0.251 e. The Hall–Kier alpha value is -2.18. The van der Waals surface area contributed by atoms with Gasteiger partial charge in [-0.2, -0.15) is 0 Å². The molecule has 1 amide bonds. The van der Waals surface area contributed by atoms with Gasteiger partial charge in [0.25, 0.3) is 5.91 Å². The van der Waals surface area contributed by atoms with E-state index in [-0.39, 0.29) is 18.0 Å². The van der Waals surface area contributed by atoms with Crippen LogP contribution >= 0.6 is 0 Å². The van der Waals surface area contributed by atoms with E-state index in [0.717, 1.165) is 31.6 Å². The Labute approximate surface area is 166 Å². The maximum absolute atomic E-state index is 12.7. The van der Waals surface area contributed by atoms with Gasteiger partial charge in [-0.3, -0.25) is 9.69 Å². The standard InChI is InChI=1S/C22H30N4O2/c1-16-23-11-14-26(16)20-6-4-5-19(21(20)27)24-22(28)18-9-7-17(8-10-18)15-25-12-2-3-13-25/h7-11,14,19-21,27H,2-6,12-13,15H2,1H3,(H,24,28)/t19-,20-,21-/m1/s1. The van der Waals surface area contributed by atoms with E-state index < -0.39 is 6.10 Å². The summed E-state index contributed by atoms with van der Waals surface area (Å²) in [6, 6.07) is 7.60. The average molecular weight is 383 g/mol. The molecule has 0 radical (unpaired) electrons. The third-order valence-electron chi connectivity index (χ3n) is 6.18. The molecular formula is C22H30N4O2. The molecule has 2 aromatic rings. The molecule has 2 fully saturated rings. The van der Waals surface area contributed by atoms with Crippen molar-refractivity contribution in [2.75, 3.05) is 13.1 Å². The van der Waals surface area contributed by atoms with Crippen LogP contribution in [0, 0.1) is 6.92 Å². The lowest BCUT2D eigenvalue weighted by Crippen LogP contribution is -2.49. The van der Waals surface area contributed by atoms with Crippen molar-refractivity contribution in [2.45, 2.75) is 63.8 Å². The third kappa shape index (κ3) is 4.13. The minimum atomic E-state index is -0.611. The van der Waals surface area contributed by atoms with E-state index in [1.807, 2.05) is 42.0 Å². The highest BCUT2D eigenvalue weighted by Gasteiger charge is 2.34. The molecule has 6 nitrogen and oxygen atoms in total. The minimum Gasteiger partial charge on any atom is -0.389 e. The number of hydrogen-bond acceptors (Lipinski definition) is 4. The van der Waals surface area contributed by atoms with E-state index in [4.69, 9.17) is 0 Å². The summed E-state index contributed by atoms with van der Waals surface area (Å²) in [5, 5.41) is 13.9. The van der Waals surface area contributed by atoms with Crippen LogP contribution < -0.4 is 5.32 Å². The number of aryl methyl sites for hydroxylation is 1. The van der Waals surface area contributed by atoms with Gasteiger partial charge < -0.3 is 15.0 Å². The number of nitrogens with one attached hydrogen (secondary N) is 1. The molecule has 1 aromatic carbocycles. The van der Waals surface area contributed by atoms with Crippen LogP contribution in [0.1, 0.15) is 59.9 Å². The van der Waals surface area contributed by atoms with Crippen molar-refractivity contribution in [3.05, 3.63) is 53.6 Å². The van der Waals surface area contributed by atoms with Gasteiger partial charge in [0.05, 0.1) is 18.2 Å². The lowest BCUT2D eigenvalue weighted by Gasteiger charge is -2.36. The number of aliphatic hydroxyl groups excluding tert-OH is 1. The first-order valence-electron chi connectivity index (χ1n) is 10.4. The van der Waals surface area contributed by atoms with Crippen LogP contribution in [0.15, 0.2) is 36.7 Å². The van der Waals surface area contributed by atoms with Gasteiger partial charge >= 0.3 is 0 Å². The Balaban J connectivity index is 1.37. The minimum absolute atomic E-state index is 0.0376. The predicted octanol–water partition coefficient (Wildman–Crippen LogP) is 2.67. The van der Waals surface area contributed by atoms with E-state index in [1.165, 1.54) is 31.5 Å². The first kappa shape index (κ1) is 19.2. The van der Waals surface area contributed by atoms with Gasteiger partial charge in [-0.15, -0.1) is 0 Å². The number of aliphatic hydroxyl groups is 1. The molecule has 1 aliphatic heterocycles. The van der Waals surface area contributed by atoms with Crippen molar-refractivity contribution >= 4 is 5.91 Å². The van der Waals surface area contributed by atoms with Crippen molar-refractivity contribution in [2.24, 2.45) is 0 Å². The molecule has 1 saturated carbocycles. The van der Waals surface area contributed by atoms with Crippen LogP contribution in [0.5, 0.6) is 0 Å². The van der Waals surface area contributed by atoms with Crippen molar-refractivity contribution < 1.29 is 9.90 Å². The van der Waals surface area contributed by atoms with Gasteiger partial charge in [-0.05, 0) is 69.8 Å². The summed E-state index contributed by atoms with van der Waals surface area (Å²) in [7, 11) is 0. The number of aromatic nitrogens is 2. The maximum Gasteiger partial charge on any atom is 0.251 e. The summed E-state index contributed by atoms with van der Waals surface area (Å²) >= 11 is 0. The molecule has 0 unspecified atom stereocenters. The SMILES string of the molecule is Cc1nccn1[C@@H]1CCC[C@@H](NC(=O)c2ccc(CN3CCCC3)cc2)[C@H]1O. The van der Waals surface area contributed by atoms with Gasteiger partial charge in [0, 0.05) is 24.5 Å². The molecule has 2 aliphatic rings. The highest BCUT2D eigenvalue weighted by Crippen LogP contribution is 2.30. The summed E-state index contributed by atoms with van der Waals surface area (Å²) in [5.74, 6) is 0.782. The van der Waals surface area contributed by atoms with Crippen molar-refractivity contribution in [1.29, 1.82) is 0 Å². The number of benzene rings is 1. The fourth-order valence-corrected chi connectivity index (χ4v) is 4.57. The van der Waals surface area contributed by atoms with E-state index in [2.05, 4.69) is 15.2 Å². The zero-order valence-electron chi connectivity index (χ0n) is 16.6. The number of amides is 1. The number of carbonyl (C=O) groups excluding carboxylic acids is 1. The molecule has 1 aliphatic carbocycles. The fraction of sp³-hybridized carbons (Fsp3) is 0.545. The van der Waals surface area contributed by atoms with Gasteiger partial charge in [-0.1, -0.05) is 12.1 Å². The van der Waals surface area contributed by atoms with E-state index in [1.54, 1.807) is 6.20 Å². The van der Waals surface area contributed by atoms with Gasteiger partial charge in [-0.25, -0.2) is 4.98 Å².